The van der Waals surface area contributed by atoms with Gasteiger partial charge in [-0.05, 0) is 24.1 Å². The van der Waals surface area contributed by atoms with E-state index < -0.39 is 5.41 Å². The van der Waals surface area contributed by atoms with Crippen LogP contribution in [0.1, 0.15) is 12.0 Å². The van der Waals surface area contributed by atoms with Crippen molar-refractivity contribution in [1.29, 1.82) is 5.26 Å². The summed E-state index contributed by atoms with van der Waals surface area (Å²) >= 11 is 5.79. The number of hydrogen-bond donors (Lipinski definition) is 0. The highest BCUT2D eigenvalue weighted by atomic mass is 35.5. The van der Waals surface area contributed by atoms with Gasteiger partial charge in [-0.1, -0.05) is 23.7 Å². The lowest BCUT2D eigenvalue weighted by molar-refractivity contribution is 0.186. The fourth-order valence-electron chi connectivity index (χ4n) is 1.71. The smallest absolute Gasteiger partial charge is 0.108 e. The first-order valence-corrected chi connectivity index (χ1v) is 4.90. The van der Waals surface area contributed by atoms with Crippen molar-refractivity contribution in [2.45, 2.75) is 11.8 Å². The van der Waals surface area contributed by atoms with Crippen molar-refractivity contribution in [2.24, 2.45) is 0 Å². The first-order chi connectivity index (χ1) is 6.77. The third-order valence-electron chi connectivity index (χ3n) is 2.63. The maximum Gasteiger partial charge on any atom is 0.108 e. The Labute approximate surface area is 88.1 Å². The molecule has 0 N–H and O–H groups in total. The van der Waals surface area contributed by atoms with Crippen LogP contribution in [-0.4, -0.2) is 13.2 Å². The molecule has 1 aromatic rings. The Bertz CT molecular complexity index is 360. The van der Waals surface area contributed by atoms with Crippen molar-refractivity contribution in [3.8, 4) is 6.07 Å². The zero-order valence-corrected chi connectivity index (χ0v) is 8.42. The van der Waals surface area contributed by atoms with Crippen molar-refractivity contribution in [3.05, 3.63) is 34.9 Å². The Kier molecular flexibility index (Phi) is 2.45. The Morgan fingerprint density at radius 1 is 1.36 bits per heavy atom. The Hall–Kier alpha value is -1.04. The van der Waals surface area contributed by atoms with Crippen molar-refractivity contribution in [3.63, 3.8) is 0 Å². The van der Waals surface area contributed by atoms with Gasteiger partial charge in [0.05, 0.1) is 12.7 Å². The Balaban J connectivity index is 2.37. The van der Waals surface area contributed by atoms with E-state index in [-0.39, 0.29) is 0 Å². The molecule has 2 rings (SSSR count). The normalized spacial score (nSPS) is 26.0. The molecule has 1 saturated heterocycles. The lowest BCUT2D eigenvalue weighted by Crippen LogP contribution is -2.23. The van der Waals surface area contributed by atoms with Gasteiger partial charge in [0.25, 0.3) is 0 Å². The predicted molar refractivity (Wildman–Crippen MR) is 54.2 cm³/mol. The minimum atomic E-state index is -0.454. The molecule has 0 radical (unpaired) electrons. The molecule has 1 aliphatic rings. The lowest BCUT2D eigenvalue weighted by Gasteiger charge is -2.18. The van der Waals surface area contributed by atoms with Gasteiger partial charge in [-0.25, -0.2) is 0 Å². The first kappa shape index (κ1) is 9.51. The SMILES string of the molecule is N#C[C@]1(c2ccc(Cl)cc2)CCOC1. The fourth-order valence-corrected chi connectivity index (χ4v) is 1.84. The highest BCUT2D eigenvalue weighted by Gasteiger charge is 2.36. The number of rotatable bonds is 1. The van der Waals surface area contributed by atoms with E-state index in [1.54, 1.807) is 0 Å². The molecule has 1 aliphatic heterocycles. The van der Waals surface area contributed by atoms with E-state index in [1.807, 2.05) is 24.3 Å². The van der Waals surface area contributed by atoms with Gasteiger partial charge in [-0.2, -0.15) is 5.26 Å². The van der Waals surface area contributed by atoms with Crippen LogP contribution in [0.15, 0.2) is 24.3 Å². The second-order valence-electron chi connectivity index (χ2n) is 3.50. The molecule has 0 unspecified atom stereocenters. The van der Waals surface area contributed by atoms with E-state index in [2.05, 4.69) is 6.07 Å². The van der Waals surface area contributed by atoms with Gasteiger partial charge in [0.15, 0.2) is 0 Å². The summed E-state index contributed by atoms with van der Waals surface area (Å²) in [5.41, 5.74) is 0.548. The van der Waals surface area contributed by atoms with Gasteiger partial charge in [0.1, 0.15) is 5.41 Å². The maximum atomic E-state index is 9.18. The maximum absolute atomic E-state index is 9.18. The topological polar surface area (TPSA) is 33.0 Å². The standard InChI is InChI=1S/C11H10ClNO/c12-10-3-1-9(2-4-10)11(7-13)5-6-14-8-11/h1-4H,5-6,8H2/t11-/m1/s1. The summed E-state index contributed by atoms with van der Waals surface area (Å²) in [4.78, 5) is 0. The second kappa shape index (κ2) is 3.61. The van der Waals surface area contributed by atoms with Crippen LogP contribution in [0.3, 0.4) is 0 Å². The summed E-state index contributed by atoms with van der Waals surface area (Å²) in [5.74, 6) is 0. The van der Waals surface area contributed by atoms with Gasteiger partial charge in [-0.15, -0.1) is 0 Å². The monoisotopic (exact) mass is 207 g/mol. The van der Waals surface area contributed by atoms with E-state index in [0.29, 0.717) is 18.2 Å². The van der Waals surface area contributed by atoms with E-state index in [9.17, 15) is 5.26 Å². The number of hydrogen-bond acceptors (Lipinski definition) is 2. The summed E-state index contributed by atoms with van der Waals surface area (Å²) in [7, 11) is 0. The highest BCUT2D eigenvalue weighted by Crippen LogP contribution is 2.32. The van der Waals surface area contributed by atoms with Crippen molar-refractivity contribution in [1.82, 2.24) is 0 Å². The predicted octanol–water partition coefficient (Wildman–Crippen LogP) is 2.52. The van der Waals surface area contributed by atoms with E-state index in [1.165, 1.54) is 0 Å². The third-order valence-corrected chi connectivity index (χ3v) is 2.88. The van der Waals surface area contributed by atoms with Gasteiger partial charge in [0, 0.05) is 11.6 Å². The number of nitrogens with zero attached hydrogens (tertiary/aromatic N) is 1. The molecule has 1 aromatic carbocycles. The van der Waals surface area contributed by atoms with Gasteiger partial charge in [-0.3, -0.25) is 0 Å². The fraction of sp³-hybridized carbons (Fsp3) is 0.364. The molecule has 0 saturated carbocycles. The van der Waals surface area contributed by atoms with Crippen LogP contribution in [0.25, 0.3) is 0 Å². The molecule has 1 heterocycles. The minimum absolute atomic E-state index is 0.454. The minimum Gasteiger partial charge on any atom is -0.379 e. The molecule has 2 nitrogen and oxygen atoms in total. The zero-order chi connectivity index (χ0) is 10.0. The molecule has 1 atom stereocenters. The van der Waals surface area contributed by atoms with E-state index in [4.69, 9.17) is 16.3 Å². The summed E-state index contributed by atoms with van der Waals surface area (Å²) < 4.78 is 5.28. The van der Waals surface area contributed by atoms with Crippen LogP contribution in [0.2, 0.25) is 5.02 Å². The molecule has 0 aliphatic carbocycles. The van der Waals surface area contributed by atoms with Gasteiger partial charge >= 0.3 is 0 Å². The van der Waals surface area contributed by atoms with Crippen LogP contribution >= 0.6 is 11.6 Å². The lowest BCUT2D eigenvalue weighted by atomic mass is 9.81. The first-order valence-electron chi connectivity index (χ1n) is 4.52. The average Bonchev–Trinajstić information content (AvgIpc) is 2.68. The summed E-state index contributed by atoms with van der Waals surface area (Å²) in [6, 6.07) is 9.78. The van der Waals surface area contributed by atoms with Crippen molar-refractivity contribution >= 4 is 11.6 Å². The number of nitriles is 1. The number of halogens is 1. The summed E-state index contributed by atoms with van der Waals surface area (Å²) in [5, 5.41) is 9.87. The molecule has 72 valence electrons. The molecular weight excluding hydrogens is 198 g/mol. The highest BCUT2D eigenvalue weighted by molar-refractivity contribution is 6.30. The summed E-state index contributed by atoms with van der Waals surface area (Å²) in [6.07, 6.45) is 0.769. The van der Waals surface area contributed by atoms with Crippen molar-refractivity contribution in [2.75, 3.05) is 13.2 Å². The number of benzene rings is 1. The molecule has 14 heavy (non-hydrogen) atoms. The molecule has 3 heteroatoms. The van der Waals surface area contributed by atoms with Crippen LogP contribution < -0.4 is 0 Å². The quantitative estimate of drug-likeness (QED) is 0.709. The molecule has 0 bridgehead atoms. The van der Waals surface area contributed by atoms with Crippen LogP contribution in [0, 0.1) is 11.3 Å². The number of ether oxygens (including phenoxy) is 1. The Morgan fingerprint density at radius 3 is 2.57 bits per heavy atom. The largest absolute Gasteiger partial charge is 0.379 e. The van der Waals surface area contributed by atoms with Crippen molar-refractivity contribution < 1.29 is 4.74 Å². The molecule has 1 fully saturated rings. The van der Waals surface area contributed by atoms with Gasteiger partial charge in [0.2, 0.25) is 0 Å². The molecule has 0 aromatic heterocycles. The third kappa shape index (κ3) is 1.50. The van der Waals surface area contributed by atoms with E-state index >= 15 is 0 Å². The van der Waals surface area contributed by atoms with Crippen LogP contribution in [0.5, 0.6) is 0 Å². The summed E-state index contributed by atoms with van der Waals surface area (Å²) in [6.45, 7) is 1.15. The van der Waals surface area contributed by atoms with Crippen LogP contribution in [-0.2, 0) is 10.2 Å². The van der Waals surface area contributed by atoms with Gasteiger partial charge < -0.3 is 4.74 Å². The Morgan fingerprint density at radius 2 is 2.07 bits per heavy atom. The van der Waals surface area contributed by atoms with Crippen LogP contribution in [0.4, 0.5) is 0 Å². The molecular formula is C11H10ClNO. The second-order valence-corrected chi connectivity index (χ2v) is 3.94. The average molecular weight is 208 g/mol. The zero-order valence-electron chi connectivity index (χ0n) is 7.66. The molecule has 0 spiro atoms. The van der Waals surface area contributed by atoms with E-state index in [0.717, 1.165) is 12.0 Å². The molecule has 0 amide bonds.